The lowest BCUT2D eigenvalue weighted by molar-refractivity contribution is 0.377. The van der Waals surface area contributed by atoms with E-state index in [2.05, 4.69) is 38.3 Å². The molecule has 4 nitrogen and oxygen atoms in total. The molecule has 0 bridgehead atoms. The third kappa shape index (κ3) is 3.31. The van der Waals surface area contributed by atoms with Crippen molar-refractivity contribution in [2.75, 3.05) is 13.1 Å². The lowest BCUT2D eigenvalue weighted by Gasteiger charge is -1.98. The van der Waals surface area contributed by atoms with Gasteiger partial charge in [-0.3, -0.25) is 0 Å². The van der Waals surface area contributed by atoms with Crippen LogP contribution in [0.1, 0.15) is 12.8 Å². The van der Waals surface area contributed by atoms with Crippen molar-refractivity contribution < 1.29 is 4.52 Å². The maximum Gasteiger partial charge on any atom is 0.228 e. The van der Waals surface area contributed by atoms with Gasteiger partial charge in [0.1, 0.15) is 0 Å². The molecule has 0 unspecified atom stereocenters. The number of halogens is 2. The van der Waals surface area contributed by atoms with Crippen molar-refractivity contribution in [3.05, 3.63) is 33.6 Å². The van der Waals surface area contributed by atoms with Gasteiger partial charge in [0.25, 0.3) is 0 Å². The normalized spacial score (nSPS) is 10.8. The van der Waals surface area contributed by atoms with E-state index in [-0.39, 0.29) is 0 Å². The molecule has 0 aliphatic carbocycles. The fraction of sp³-hybridized carbons (Fsp3) is 0.333. The minimum absolute atomic E-state index is 0.582. The Labute approximate surface area is 119 Å². The average Bonchev–Trinajstić information content (AvgIpc) is 2.82. The summed E-state index contributed by atoms with van der Waals surface area (Å²) in [5.74, 6) is 1.22. The van der Waals surface area contributed by atoms with Gasteiger partial charge in [-0.05, 0) is 40.7 Å². The minimum Gasteiger partial charge on any atom is -0.339 e. The van der Waals surface area contributed by atoms with E-state index in [4.69, 9.17) is 16.1 Å². The molecule has 1 N–H and O–H groups in total. The zero-order valence-electron chi connectivity index (χ0n) is 9.91. The van der Waals surface area contributed by atoms with Crippen molar-refractivity contribution in [2.45, 2.75) is 13.3 Å². The Morgan fingerprint density at radius 3 is 3.00 bits per heavy atom. The number of likely N-dealkylation sites (N-methyl/N-ethyl adjacent to an activating group) is 1. The number of rotatable bonds is 5. The quantitative estimate of drug-likeness (QED) is 0.855. The number of nitrogens with zero attached hydrogens (tertiary/aromatic N) is 2. The Kier molecular flexibility index (Phi) is 4.74. The molecule has 96 valence electrons. The van der Waals surface area contributed by atoms with Crippen LogP contribution in [0.15, 0.2) is 27.2 Å². The van der Waals surface area contributed by atoms with E-state index in [0.29, 0.717) is 16.7 Å². The van der Waals surface area contributed by atoms with E-state index in [0.717, 1.165) is 29.5 Å². The summed E-state index contributed by atoms with van der Waals surface area (Å²) in [4.78, 5) is 4.34. The van der Waals surface area contributed by atoms with Crippen LogP contribution in [-0.2, 0) is 6.42 Å². The molecule has 0 fully saturated rings. The second-order valence-corrected chi connectivity index (χ2v) is 5.01. The zero-order valence-corrected chi connectivity index (χ0v) is 12.3. The Bertz CT molecular complexity index is 530. The minimum atomic E-state index is 0.582. The maximum absolute atomic E-state index is 5.94. The standard InChI is InChI=1S/C12H13BrClN3O/c1-2-15-6-5-11-16-12(17-18-11)8-3-4-10(14)9(13)7-8/h3-4,7,15H,2,5-6H2,1H3. The van der Waals surface area contributed by atoms with Gasteiger partial charge in [0.15, 0.2) is 0 Å². The van der Waals surface area contributed by atoms with Crippen molar-refractivity contribution >= 4 is 27.5 Å². The molecule has 0 spiro atoms. The van der Waals surface area contributed by atoms with E-state index >= 15 is 0 Å². The predicted octanol–water partition coefficient (Wildman–Crippen LogP) is 3.30. The molecule has 0 aliphatic heterocycles. The SMILES string of the molecule is CCNCCc1nc(-c2ccc(Cl)c(Br)c2)no1. The number of nitrogens with one attached hydrogen (secondary N) is 1. The van der Waals surface area contributed by atoms with Crippen LogP contribution in [0.25, 0.3) is 11.4 Å². The molecule has 1 aromatic carbocycles. The van der Waals surface area contributed by atoms with Gasteiger partial charge in [-0.25, -0.2) is 0 Å². The highest BCUT2D eigenvalue weighted by Gasteiger charge is 2.09. The predicted molar refractivity (Wildman–Crippen MR) is 74.7 cm³/mol. The highest BCUT2D eigenvalue weighted by Crippen LogP contribution is 2.27. The van der Waals surface area contributed by atoms with Gasteiger partial charge < -0.3 is 9.84 Å². The first-order valence-electron chi connectivity index (χ1n) is 5.69. The van der Waals surface area contributed by atoms with Crippen LogP contribution in [0.5, 0.6) is 0 Å². The molecule has 0 aliphatic rings. The highest BCUT2D eigenvalue weighted by molar-refractivity contribution is 9.10. The van der Waals surface area contributed by atoms with Crippen LogP contribution >= 0.6 is 27.5 Å². The van der Waals surface area contributed by atoms with Crippen molar-refractivity contribution in [2.24, 2.45) is 0 Å². The van der Waals surface area contributed by atoms with Gasteiger partial charge in [0, 0.05) is 23.0 Å². The number of aromatic nitrogens is 2. The Hall–Kier alpha value is -0.910. The molecule has 0 radical (unpaired) electrons. The number of benzene rings is 1. The van der Waals surface area contributed by atoms with Crippen LogP contribution in [-0.4, -0.2) is 23.2 Å². The largest absolute Gasteiger partial charge is 0.339 e. The maximum atomic E-state index is 5.94. The van der Waals surface area contributed by atoms with E-state index in [1.807, 2.05) is 12.1 Å². The van der Waals surface area contributed by atoms with Crippen LogP contribution in [0.2, 0.25) is 5.02 Å². The summed E-state index contributed by atoms with van der Waals surface area (Å²) in [6.45, 7) is 3.83. The van der Waals surface area contributed by atoms with Gasteiger partial charge in [0.05, 0.1) is 5.02 Å². The number of hydrogen-bond donors (Lipinski definition) is 1. The van der Waals surface area contributed by atoms with Crippen molar-refractivity contribution in [3.8, 4) is 11.4 Å². The smallest absolute Gasteiger partial charge is 0.228 e. The summed E-state index contributed by atoms with van der Waals surface area (Å²) in [7, 11) is 0. The summed E-state index contributed by atoms with van der Waals surface area (Å²) >= 11 is 9.31. The first kappa shape index (κ1) is 13.5. The van der Waals surface area contributed by atoms with Crippen LogP contribution in [0.4, 0.5) is 0 Å². The van der Waals surface area contributed by atoms with Crippen molar-refractivity contribution in [1.82, 2.24) is 15.5 Å². The van der Waals surface area contributed by atoms with Gasteiger partial charge in [-0.2, -0.15) is 4.98 Å². The Morgan fingerprint density at radius 2 is 2.28 bits per heavy atom. The first-order valence-corrected chi connectivity index (χ1v) is 6.86. The summed E-state index contributed by atoms with van der Waals surface area (Å²) in [6.07, 6.45) is 0.732. The molecule has 0 saturated heterocycles. The molecule has 0 saturated carbocycles. The van der Waals surface area contributed by atoms with Gasteiger partial charge >= 0.3 is 0 Å². The summed E-state index contributed by atoms with van der Waals surface area (Å²) < 4.78 is 6.01. The summed E-state index contributed by atoms with van der Waals surface area (Å²) in [5.41, 5.74) is 0.879. The fourth-order valence-electron chi connectivity index (χ4n) is 1.48. The lowest BCUT2D eigenvalue weighted by Crippen LogP contribution is -2.16. The van der Waals surface area contributed by atoms with E-state index in [1.165, 1.54) is 0 Å². The monoisotopic (exact) mass is 329 g/mol. The van der Waals surface area contributed by atoms with Crippen LogP contribution in [0, 0.1) is 0 Å². The average molecular weight is 331 g/mol. The van der Waals surface area contributed by atoms with Gasteiger partial charge in [0.2, 0.25) is 11.7 Å². The molecule has 0 atom stereocenters. The van der Waals surface area contributed by atoms with Crippen molar-refractivity contribution in [3.63, 3.8) is 0 Å². The third-order valence-corrected chi connectivity index (χ3v) is 3.63. The second kappa shape index (κ2) is 6.31. The lowest BCUT2D eigenvalue weighted by atomic mass is 10.2. The molecule has 1 heterocycles. The van der Waals surface area contributed by atoms with Gasteiger partial charge in [-0.15, -0.1) is 0 Å². The van der Waals surface area contributed by atoms with E-state index < -0.39 is 0 Å². The molecule has 0 amide bonds. The van der Waals surface area contributed by atoms with Gasteiger partial charge in [-0.1, -0.05) is 23.7 Å². The molecule has 2 aromatic rings. The molecule has 18 heavy (non-hydrogen) atoms. The topological polar surface area (TPSA) is 51.0 Å². The number of hydrogen-bond acceptors (Lipinski definition) is 4. The van der Waals surface area contributed by atoms with Crippen LogP contribution in [0.3, 0.4) is 0 Å². The zero-order chi connectivity index (χ0) is 13.0. The Morgan fingerprint density at radius 1 is 1.44 bits per heavy atom. The molecule has 1 aromatic heterocycles. The molecular formula is C12H13BrClN3O. The molecule has 6 heteroatoms. The van der Waals surface area contributed by atoms with Crippen LogP contribution < -0.4 is 5.32 Å². The molecule has 2 rings (SSSR count). The summed E-state index contributed by atoms with van der Waals surface area (Å²) in [5, 5.41) is 7.83. The Balaban J connectivity index is 2.11. The van der Waals surface area contributed by atoms with E-state index in [9.17, 15) is 0 Å². The van der Waals surface area contributed by atoms with Crippen molar-refractivity contribution in [1.29, 1.82) is 0 Å². The second-order valence-electron chi connectivity index (χ2n) is 3.74. The first-order chi connectivity index (χ1) is 8.70. The third-order valence-electron chi connectivity index (χ3n) is 2.41. The fourth-order valence-corrected chi connectivity index (χ4v) is 1.98. The highest BCUT2D eigenvalue weighted by atomic mass is 79.9. The van der Waals surface area contributed by atoms with E-state index in [1.54, 1.807) is 6.07 Å². The molecular weight excluding hydrogens is 318 g/mol. The summed E-state index contributed by atoms with van der Waals surface area (Å²) in [6, 6.07) is 5.54.